The molecule has 2 N–H and O–H groups in total. The average Bonchev–Trinajstić information content (AvgIpc) is 2.45. The number of amidine groups is 1. The van der Waals surface area contributed by atoms with Crippen molar-refractivity contribution >= 4 is 17.7 Å². The van der Waals surface area contributed by atoms with Gasteiger partial charge in [-0.3, -0.25) is 9.79 Å². The second kappa shape index (κ2) is 8.44. The minimum atomic E-state index is -1.51. The molecule has 0 aliphatic carbocycles. The highest BCUT2D eigenvalue weighted by molar-refractivity contribution is 6.05. The van der Waals surface area contributed by atoms with Gasteiger partial charge in [-0.05, 0) is 6.42 Å². The van der Waals surface area contributed by atoms with Gasteiger partial charge in [-0.1, -0.05) is 19.1 Å². The summed E-state index contributed by atoms with van der Waals surface area (Å²) >= 11 is 0. The lowest BCUT2D eigenvalue weighted by Crippen LogP contribution is -2.52. The third-order valence-electron chi connectivity index (χ3n) is 2.67. The molecule has 0 aromatic heterocycles. The molecule has 20 heavy (non-hydrogen) atoms. The van der Waals surface area contributed by atoms with Crippen LogP contribution in [0.15, 0.2) is 17.1 Å². The molecule has 7 nitrogen and oxygen atoms in total. The van der Waals surface area contributed by atoms with Gasteiger partial charge in [0.15, 0.2) is 12.1 Å². The number of ether oxygens (including phenoxy) is 2. The Bertz CT molecular complexity index is 406. The number of allylic oxidation sites excluding steroid dienone is 1. The average molecular weight is 284 g/mol. The van der Waals surface area contributed by atoms with Gasteiger partial charge in [-0.15, -0.1) is 0 Å². The van der Waals surface area contributed by atoms with Crippen molar-refractivity contribution in [2.24, 2.45) is 4.99 Å². The van der Waals surface area contributed by atoms with E-state index in [4.69, 9.17) is 4.74 Å². The zero-order valence-corrected chi connectivity index (χ0v) is 11.7. The number of aliphatic hydroxyl groups is 1. The summed E-state index contributed by atoms with van der Waals surface area (Å²) in [6.45, 7) is 2.87. The maximum atomic E-state index is 11.5. The third kappa shape index (κ3) is 4.75. The highest BCUT2D eigenvalue weighted by Crippen LogP contribution is 2.08. The van der Waals surface area contributed by atoms with E-state index in [2.05, 4.69) is 15.0 Å². The van der Waals surface area contributed by atoms with E-state index in [0.29, 0.717) is 25.5 Å². The van der Waals surface area contributed by atoms with Crippen LogP contribution in [0.5, 0.6) is 0 Å². The van der Waals surface area contributed by atoms with Crippen molar-refractivity contribution in [2.45, 2.75) is 31.9 Å². The summed E-state index contributed by atoms with van der Waals surface area (Å²) in [6.07, 6.45) is 3.68. The minimum Gasteiger partial charge on any atom is -0.467 e. The smallest absolute Gasteiger partial charge is 0.333 e. The summed E-state index contributed by atoms with van der Waals surface area (Å²) in [5.41, 5.74) is 0. The van der Waals surface area contributed by atoms with Crippen LogP contribution in [-0.4, -0.2) is 55.3 Å². The number of carbonyl (C=O) groups is 2. The number of aliphatic hydroxyl groups excluding tert-OH is 1. The van der Waals surface area contributed by atoms with E-state index in [-0.39, 0.29) is 0 Å². The summed E-state index contributed by atoms with van der Waals surface area (Å²) < 4.78 is 9.83. The van der Waals surface area contributed by atoms with Crippen molar-refractivity contribution in [1.29, 1.82) is 0 Å². The molecule has 1 heterocycles. The lowest BCUT2D eigenvalue weighted by atomic mass is 10.1. The number of methoxy groups -OCH3 is 1. The number of rotatable bonds is 7. The fourth-order valence-corrected chi connectivity index (χ4v) is 1.61. The fraction of sp³-hybridized carbons (Fsp3) is 0.615. The van der Waals surface area contributed by atoms with Crippen LogP contribution < -0.4 is 5.32 Å². The van der Waals surface area contributed by atoms with Crippen molar-refractivity contribution in [3.63, 3.8) is 0 Å². The first kappa shape index (κ1) is 16.3. The van der Waals surface area contributed by atoms with Crippen molar-refractivity contribution in [2.75, 3.05) is 20.3 Å². The number of esters is 1. The number of hydrogen-bond donors (Lipinski definition) is 2. The summed E-state index contributed by atoms with van der Waals surface area (Å²) in [6, 6.07) is -1.20. The van der Waals surface area contributed by atoms with Gasteiger partial charge in [0.1, 0.15) is 5.84 Å². The number of nitrogens with one attached hydrogen (secondary N) is 1. The molecule has 112 valence electrons. The van der Waals surface area contributed by atoms with E-state index in [9.17, 15) is 14.7 Å². The van der Waals surface area contributed by atoms with E-state index in [1.54, 1.807) is 0 Å². The zero-order chi connectivity index (χ0) is 15.0. The Kier molecular flexibility index (Phi) is 6.89. The van der Waals surface area contributed by atoms with E-state index in [1.165, 1.54) is 7.11 Å². The molecule has 1 rings (SSSR count). The highest BCUT2D eigenvalue weighted by Gasteiger charge is 2.36. The van der Waals surface area contributed by atoms with Crippen molar-refractivity contribution in [1.82, 2.24) is 5.32 Å². The van der Waals surface area contributed by atoms with E-state index < -0.39 is 24.0 Å². The first-order valence-corrected chi connectivity index (χ1v) is 6.46. The molecule has 0 saturated heterocycles. The van der Waals surface area contributed by atoms with Gasteiger partial charge < -0.3 is 19.9 Å². The predicted molar refractivity (Wildman–Crippen MR) is 72.3 cm³/mol. The summed E-state index contributed by atoms with van der Waals surface area (Å²) in [5.74, 6) is -1.08. The largest absolute Gasteiger partial charge is 0.467 e. The van der Waals surface area contributed by atoms with Crippen LogP contribution >= 0.6 is 0 Å². The molecule has 0 radical (unpaired) electrons. The number of carbonyl (C=O) groups excluding carboxylic acids is 2. The second-order valence-electron chi connectivity index (χ2n) is 4.18. The Hall–Kier alpha value is -1.73. The first-order chi connectivity index (χ1) is 9.60. The molecular weight excluding hydrogens is 264 g/mol. The minimum absolute atomic E-state index is 0.315. The summed E-state index contributed by atoms with van der Waals surface area (Å²) in [7, 11) is 1.18. The monoisotopic (exact) mass is 284 g/mol. The van der Waals surface area contributed by atoms with Crippen LogP contribution in [0, 0.1) is 0 Å². The van der Waals surface area contributed by atoms with Crippen molar-refractivity contribution in [3.05, 3.63) is 12.2 Å². The Balaban J connectivity index is 2.50. The molecule has 1 aliphatic heterocycles. The Morgan fingerprint density at radius 2 is 2.25 bits per heavy atom. The van der Waals surface area contributed by atoms with Gasteiger partial charge in [-0.25, -0.2) is 4.79 Å². The number of hydrogen-bond acceptors (Lipinski definition) is 6. The molecule has 0 aromatic carbocycles. The van der Waals surface area contributed by atoms with Gasteiger partial charge >= 0.3 is 5.97 Å². The molecule has 1 amide bonds. The fourth-order valence-electron chi connectivity index (χ4n) is 1.61. The first-order valence-electron chi connectivity index (χ1n) is 6.46. The standard InChI is InChI=1S/C13H20N2O5/c1-3-4-5-7-20-8-6-9-14-10(13(18)19-2)11(16)12(17)15-9/h4-5,10-11,16H,3,6-8H2,1-2H3,(H,14,15,17). The third-order valence-corrected chi connectivity index (χ3v) is 2.67. The van der Waals surface area contributed by atoms with Gasteiger partial charge in [0.05, 0.1) is 20.3 Å². The topological polar surface area (TPSA) is 97.2 Å². The summed E-state index contributed by atoms with van der Waals surface area (Å²) in [5, 5.41) is 12.0. The Morgan fingerprint density at radius 3 is 2.90 bits per heavy atom. The quantitative estimate of drug-likeness (QED) is 0.383. The summed E-state index contributed by atoms with van der Waals surface area (Å²) in [4.78, 5) is 26.9. The number of amides is 1. The van der Waals surface area contributed by atoms with Crippen LogP contribution in [0.1, 0.15) is 19.8 Å². The molecule has 0 aromatic rings. The van der Waals surface area contributed by atoms with Crippen LogP contribution in [0.25, 0.3) is 0 Å². The number of aliphatic imine (C=N–C) groups is 1. The van der Waals surface area contributed by atoms with Gasteiger partial charge in [0.2, 0.25) is 0 Å². The van der Waals surface area contributed by atoms with E-state index in [0.717, 1.165) is 6.42 Å². The van der Waals surface area contributed by atoms with Crippen LogP contribution in [0.2, 0.25) is 0 Å². The maximum Gasteiger partial charge on any atom is 0.333 e. The van der Waals surface area contributed by atoms with Gasteiger partial charge in [-0.2, -0.15) is 0 Å². The molecular formula is C13H20N2O5. The van der Waals surface area contributed by atoms with Crippen LogP contribution in [0.4, 0.5) is 0 Å². The van der Waals surface area contributed by atoms with Gasteiger partial charge in [0.25, 0.3) is 5.91 Å². The SMILES string of the molecule is CCC=CCOCCC1=NC(C(=O)OC)C(O)C(=O)N1. The maximum absolute atomic E-state index is 11.5. The molecule has 7 heteroatoms. The predicted octanol–water partition coefficient (Wildman–Crippen LogP) is -0.210. The molecule has 1 aliphatic rings. The molecule has 2 atom stereocenters. The Morgan fingerprint density at radius 1 is 1.50 bits per heavy atom. The van der Waals surface area contributed by atoms with Gasteiger partial charge in [0, 0.05) is 6.42 Å². The normalized spacial score (nSPS) is 22.6. The van der Waals surface area contributed by atoms with Crippen molar-refractivity contribution < 1.29 is 24.2 Å². The molecule has 0 fully saturated rings. The highest BCUT2D eigenvalue weighted by atomic mass is 16.5. The van der Waals surface area contributed by atoms with Crippen LogP contribution in [-0.2, 0) is 19.1 Å². The van der Waals surface area contributed by atoms with E-state index >= 15 is 0 Å². The van der Waals surface area contributed by atoms with Crippen LogP contribution in [0.3, 0.4) is 0 Å². The molecule has 0 saturated carbocycles. The second-order valence-corrected chi connectivity index (χ2v) is 4.18. The molecule has 0 spiro atoms. The molecule has 0 bridgehead atoms. The lowest BCUT2D eigenvalue weighted by molar-refractivity contribution is -0.149. The Labute approximate surface area is 117 Å². The van der Waals surface area contributed by atoms with Crippen molar-refractivity contribution in [3.8, 4) is 0 Å². The van der Waals surface area contributed by atoms with E-state index in [1.807, 2.05) is 19.1 Å². The molecule has 2 unspecified atom stereocenters. The zero-order valence-electron chi connectivity index (χ0n) is 11.7. The number of nitrogens with zero attached hydrogens (tertiary/aromatic N) is 1. The lowest BCUT2D eigenvalue weighted by Gasteiger charge is -2.23.